The molecular formula is C32H28N2O6. The van der Waals surface area contributed by atoms with E-state index in [0.717, 1.165) is 33.6 Å². The van der Waals surface area contributed by atoms with E-state index < -0.39 is 11.9 Å². The number of hydrogen-bond donors (Lipinski definition) is 0. The van der Waals surface area contributed by atoms with Gasteiger partial charge in [0.1, 0.15) is 0 Å². The second-order valence-corrected chi connectivity index (χ2v) is 8.62. The average molecular weight is 537 g/mol. The van der Waals surface area contributed by atoms with E-state index >= 15 is 0 Å². The van der Waals surface area contributed by atoms with Crippen LogP contribution in [0.4, 0.5) is 11.4 Å². The van der Waals surface area contributed by atoms with E-state index in [1.54, 1.807) is 48.8 Å². The zero-order chi connectivity index (χ0) is 28.5. The van der Waals surface area contributed by atoms with Crippen LogP contribution >= 0.6 is 0 Å². The van der Waals surface area contributed by atoms with Crippen molar-refractivity contribution in [2.75, 3.05) is 14.2 Å². The largest absolute Gasteiger partial charge is 0.493 e. The molecule has 0 aliphatic carbocycles. The van der Waals surface area contributed by atoms with Crippen LogP contribution in [0.5, 0.6) is 23.0 Å². The maximum absolute atomic E-state index is 11.2. The maximum atomic E-state index is 11.2. The lowest BCUT2D eigenvalue weighted by molar-refractivity contribution is -0.132. The summed E-state index contributed by atoms with van der Waals surface area (Å²) in [6.07, 6.45) is 3.45. The van der Waals surface area contributed by atoms with Gasteiger partial charge in [-0.15, -0.1) is 0 Å². The van der Waals surface area contributed by atoms with Crippen LogP contribution in [0.3, 0.4) is 0 Å². The van der Waals surface area contributed by atoms with Crippen LogP contribution in [0.2, 0.25) is 0 Å². The molecule has 0 aliphatic rings. The number of benzene rings is 4. The minimum atomic E-state index is -0.410. The van der Waals surface area contributed by atoms with Gasteiger partial charge in [-0.3, -0.25) is 19.6 Å². The highest BCUT2D eigenvalue weighted by Gasteiger charge is 2.08. The van der Waals surface area contributed by atoms with Crippen molar-refractivity contribution in [3.8, 4) is 34.1 Å². The predicted molar refractivity (Wildman–Crippen MR) is 155 cm³/mol. The third kappa shape index (κ3) is 7.41. The molecule has 0 radical (unpaired) electrons. The number of nitrogens with zero attached hydrogens (tertiary/aromatic N) is 2. The second-order valence-electron chi connectivity index (χ2n) is 8.62. The molecule has 0 N–H and O–H groups in total. The zero-order valence-electron chi connectivity index (χ0n) is 22.6. The summed E-state index contributed by atoms with van der Waals surface area (Å²) in [5, 5.41) is 0. The lowest BCUT2D eigenvalue weighted by Gasteiger charge is -2.08. The molecule has 4 aromatic rings. The summed E-state index contributed by atoms with van der Waals surface area (Å²) < 4.78 is 20.9. The summed E-state index contributed by atoms with van der Waals surface area (Å²) in [5.74, 6) is 0.824. The Balaban J connectivity index is 1.41. The number of esters is 2. The topological polar surface area (TPSA) is 95.8 Å². The van der Waals surface area contributed by atoms with Crippen LogP contribution in [0.25, 0.3) is 11.1 Å². The molecular weight excluding hydrogens is 508 g/mol. The van der Waals surface area contributed by atoms with Crippen molar-refractivity contribution >= 4 is 35.7 Å². The van der Waals surface area contributed by atoms with Crippen LogP contribution in [0.1, 0.15) is 25.0 Å². The molecule has 0 saturated carbocycles. The molecule has 202 valence electrons. The van der Waals surface area contributed by atoms with Crippen molar-refractivity contribution in [3.05, 3.63) is 96.1 Å². The quantitative estimate of drug-likeness (QED) is 0.134. The third-order valence-corrected chi connectivity index (χ3v) is 5.68. The molecule has 0 aromatic heterocycles. The van der Waals surface area contributed by atoms with Gasteiger partial charge in [-0.1, -0.05) is 24.3 Å². The fraction of sp³-hybridized carbons (Fsp3) is 0.125. The van der Waals surface area contributed by atoms with Gasteiger partial charge in [-0.25, -0.2) is 0 Å². The van der Waals surface area contributed by atoms with Gasteiger partial charge in [-0.2, -0.15) is 0 Å². The summed E-state index contributed by atoms with van der Waals surface area (Å²) in [6.45, 7) is 2.69. The first-order chi connectivity index (χ1) is 19.3. The Morgan fingerprint density at radius 1 is 0.550 bits per heavy atom. The van der Waals surface area contributed by atoms with Crippen molar-refractivity contribution in [1.29, 1.82) is 0 Å². The number of hydrogen-bond acceptors (Lipinski definition) is 8. The molecule has 0 unspecified atom stereocenters. The highest BCUT2D eigenvalue weighted by molar-refractivity contribution is 5.85. The fourth-order valence-electron chi connectivity index (χ4n) is 3.79. The number of ether oxygens (including phenoxy) is 4. The summed E-state index contributed by atoms with van der Waals surface area (Å²) in [6, 6.07) is 26.3. The smallest absolute Gasteiger partial charge is 0.308 e. The van der Waals surface area contributed by atoms with Gasteiger partial charge in [-0.05, 0) is 82.9 Å². The van der Waals surface area contributed by atoms with Crippen LogP contribution in [-0.2, 0) is 9.59 Å². The van der Waals surface area contributed by atoms with E-state index in [0.29, 0.717) is 23.0 Å². The Labute approximate surface area is 232 Å². The Morgan fingerprint density at radius 3 is 1.25 bits per heavy atom. The molecule has 0 aliphatic heterocycles. The lowest BCUT2D eigenvalue weighted by Crippen LogP contribution is -2.03. The van der Waals surface area contributed by atoms with E-state index in [-0.39, 0.29) is 0 Å². The second kappa shape index (κ2) is 13.0. The number of aliphatic imine (C=N–C) groups is 2. The van der Waals surface area contributed by atoms with Crippen molar-refractivity contribution in [2.24, 2.45) is 9.98 Å². The molecule has 8 heteroatoms. The summed E-state index contributed by atoms with van der Waals surface area (Å²) in [5.41, 5.74) is 5.31. The Bertz CT molecular complexity index is 1440. The first-order valence-electron chi connectivity index (χ1n) is 12.4. The standard InChI is InChI=1S/C32H28N2O6/c1-21(35)39-29-15-5-23(17-31(29)37-3)19-33-27-11-7-25(8-12-27)26-9-13-28(14-10-26)34-20-24-6-16-30(40-22(2)36)32(18-24)38-4/h5-20H,1-4H3. The van der Waals surface area contributed by atoms with E-state index in [4.69, 9.17) is 18.9 Å². The van der Waals surface area contributed by atoms with Gasteiger partial charge >= 0.3 is 11.9 Å². The molecule has 4 rings (SSSR count). The first-order valence-corrected chi connectivity index (χ1v) is 12.4. The normalized spacial score (nSPS) is 11.0. The van der Waals surface area contributed by atoms with E-state index in [1.165, 1.54) is 28.1 Å². The number of methoxy groups -OCH3 is 2. The first kappa shape index (κ1) is 27.8. The van der Waals surface area contributed by atoms with Gasteiger partial charge in [0.2, 0.25) is 0 Å². The Kier molecular flexibility index (Phi) is 9.04. The number of carbonyl (C=O) groups is 2. The molecule has 8 nitrogen and oxygen atoms in total. The lowest BCUT2D eigenvalue weighted by atomic mass is 10.1. The van der Waals surface area contributed by atoms with Crippen LogP contribution < -0.4 is 18.9 Å². The molecule has 0 bridgehead atoms. The molecule has 0 fully saturated rings. The van der Waals surface area contributed by atoms with Gasteiger partial charge in [0, 0.05) is 26.3 Å². The number of rotatable bonds is 9. The summed E-state index contributed by atoms with van der Waals surface area (Å²) >= 11 is 0. The van der Waals surface area contributed by atoms with Crippen LogP contribution in [0, 0.1) is 0 Å². The van der Waals surface area contributed by atoms with Crippen molar-refractivity contribution in [1.82, 2.24) is 0 Å². The Morgan fingerprint density at radius 2 is 0.925 bits per heavy atom. The van der Waals surface area contributed by atoms with Crippen molar-refractivity contribution in [3.63, 3.8) is 0 Å². The van der Waals surface area contributed by atoms with E-state index in [9.17, 15) is 9.59 Å². The predicted octanol–water partition coefficient (Wildman–Crippen LogP) is 6.72. The maximum Gasteiger partial charge on any atom is 0.308 e. The highest BCUT2D eigenvalue weighted by atomic mass is 16.6. The van der Waals surface area contributed by atoms with E-state index in [2.05, 4.69) is 9.98 Å². The van der Waals surface area contributed by atoms with Gasteiger partial charge < -0.3 is 18.9 Å². The highest BCUT2D eigenvalue weighted by Crippen LogP contribution is 2.30. The van der Waals surface area contributed by atoms with Crippen molar-refractivity contribution in [2.45, 2.75) is 13.8 Å². The number of carbonyl (C=O) groups excluding carboxylic acids is 2. The summed E-state index contributed by atoms with van der Waals surface area (Å²) in [7, 11) is 3.04. The van der Waals surface area contributed by atoms with Crippen LogP contribution in [0.15, 0.2) is 94.9 Å². The SMILES string of the molecule is COc1cc(C=Nc2ccc(-c3ccc(N=Cc4ccc(OC(C)=O)c(OC)c4)cc3)cc2)ccc1OC(C)=O. The minimum absolute atomic E-state index is 0.364. The average Bonchev–Trinajstić information content (AvgIpc) is 2.96. The van der Waals surface area contributed by atoms with Crippen molar-refractivity contribution < 1.29 is 28.5 Å². The molecule has 4 aromatic carbocycles. The van der Waals surface area contributed by atoms with E-state index in [1.807, 2.05) is 48.5 Å². The van der Waals surface area contributed by atoms with Gasteiger partial charge in [0.05, 0.1) is 25.6 Å². The zero-order valence-corrected chi connectivity index (χ0v) is 22.6. The Hall–Kier alpha value is -5.24. The van der Waals surface area contributed by atoms with Gasteiger partial charge in [0.25, 0.3) is 0 Å². The molecule has 0 heterocycles. The molecule has 0 spiro atoms. The molecule has 40 heavy (non-hydrogen) atoms. The molecule has 0 atom stereocenters. The third-order valence-electron chi connectivity index (χ3n) is 5.68. The fourth-order valence-corrected chi connectivity index (χ4v) is 3.79. The minimum Gasteiger partial charge on any atom is -0.493 e. The molecule has 0 saturated heterocycles. The molecule has 0 amide bonds. The monoisotopic (exact) mass is 536 g/mol. The van der Waals surface area contributed by atoms with Crippen LogP contribution in [-0.4, -0.2) is 38.6 Å². The van der Waals surface area contributed by atoms with Gasteiger partial charge in [0.15, 0.2) is 23.0 Å². The summed E-state index contributed by atoms with van der Waals surface area (Å²) in [4.78, 5) is 31.5.